The molecule has 9 nitrogen and oxygen atoms in total. The second-order valence-electron chi connectivity index (χ2n) is 5.73. The normalized spacial score (nSPS) is 10.0. The maximum absolute atomic E-state index is 12.0. The Hall–Kier alpha value is -3.75. The summed E-state index contributed by atoms with van der Waals surface area (Å²) < 4.78 is 15.8. The zero-order valence-corrected chi connectivity index (χ0v) is 16.2. The number of imide groups is 1. The van der Waals surface area contributed by atoms with Crippen molar-refractivity contribution in [3.8, 4) is 11.5 Å². The van der Waals surface area contributed by atoms with E-state index in [-0.39, 0.29) is 5.56 Å². The zero-order valence-electron chi connectivity index (χ0n) is 16.2. The number of esters is 1. The van der Waals surface area contributed by atoms with Crippen LogP contribution in [-0.4, -0.2) is 37.7 Å². The molecule has 2 aromatic carbocycles. The molecule has 2 aromatic rings. The highest BCUT2D eigenvalue weighted by Crippen LogP contribution is 2.30. The summed E-state index contributed by atoms with van der Waals surface area (Å²) in [5, 5.41) is 4.58. The molecule has 0 saturated carbocycles. The number of carbonyl (C=O) groups excluding carboxylic acids is 3. The second-order valence-corrected chi connectivity index (χ2v) is 5.73. The van der Waals surface area contributed by atoms with Gasteiger partial charge in [0.25, 0.3) is 5.91 Å². The molecule has 0 radical (unpaired) electrons. The molecular formula is C20H23N3O6. The van der Waals surface area contributed by atoms with Crippen LogP contribution in [0.15, 0.2) is 42.5 Å². The fourth-order valence-electron chi connectivity index (χ4n) is 2.29. The summed E-state index contributed by atoms with van der Waals surface area (Å²) in [5.41, 5.74) is 6.69. The van der Waals surface area contributed by atoms with Crippen LogP contribution in [0.2, 0.25) is 0 Å². The van der Waals surface area contributed by atoms with Crippen molar-refractivity contribution >= 4 is 29.3 Å². The molecule has 0 spiro atoms. The van der Waals surface area contributed by atoms with Gasteiger partial charge in [-0.1, -0.05) is 0 Å². The summed E-state index contributed by atoms with van der Waals surface area (Å²) >= 11 is 0. The number of nitrogens with one attached hydrogen (secondary N) is 2. The fourth-order valence-corrected chi connectivity index (χ4v) is 2.29. The maximum Gasteiger partial charge on any atom is 0.338 e. The number of carbonyl (C=O) groups is 3. The highest BCUT2D eigenvalue weighted by molar-refractivity contribution is 6.02. The monoisotopic (exact) mass is 401 g/mol. The summed E-state index contributed by atoms with van der Waals surface area (Å²) in [7, 11) is 0. The molecule has 2 rings (SSSR count). The lowest BCUT2D eigenvalue weighted by Crippen LogP contribution is -2.37. The summed E-state index contributed by atoms with van der Waals surface area (Å²) in [4.78, 5) is 35.7. The summed E-state index contributed by atoms with van der Waals surface area (Å²) in [6, 6.07) is 10.1. The third kappa shape index (κ3) is 6.73. The third-order valence-corrected chi connectivity index (χ3v) is 3.53. The number of anilines is 2. The highest BCUT2D eigenvalue weighted by atomic mass is 16.5. The van der Waals surface area contributed by atoms with E-state index in [1.807, 2.05) is 13.8 Å². The van der Waals surface area contributed by atoms with E-state index in [0.717, 1.165) is 0 Å². The Bertz CT molecular complexity index is 867. The van der Waals surface area contributed by atoms with Crippen molar-refractivity contribution in [2.45, 2.75) is 13.8 Å². The van der Waals surface area contributed by atoms with Gasteiger partial charge in [0.05, 0.1) is 18.8 Å². The number of hydrogen-bond acceptors (Lipinski definition) is 7. The van der Waals surface area contributed by atoms with Crippen LogP contribution in [0, 0.1) is 0 Å². The van der Waals surface area contributed by atoms with Gasteiger partial charge in [-0.3, -0.25) is 10.1 Å². The Morgan fingerprint density at radius 3 is 2.24 bits per heavy atom. The molecular weight excluding hydrogens is 378 g/mol. The number of urea groups is 1. The van der Waals surface area contributed by atoms with E-state index < -0.39 is 24.5 Å². The van der Waals surface area contributed by atoms with Crippen LogP contribution >= 0.6 is 0 Å². The van der Waals surface area contributed by atoms with Crippen molar-refractivity contribution in [2.75, 3.05) is 30.9 Å². The molecule has 0 aliphatic heterocycles. The van der Waals surface area contributed by atoms with E-state index in [1.165, 1.54) is 24.3 Å². The number of amides is 3. The number of nitrogen functional groups attached to an aromatic ring is 1. The zero-order chi connectivity index (χ0) is 21.2. The molecule has 154 valence electrons. The molecule has 9 heteroatoms. The lowest BCUT2D eigenvalue weighted by atomic mass is 10.2. The lowest BCUT2D eigenvalue weighted by molar-refractivity contribution is -0.123. The molecule has 0 aliphatic carbocycles. The van der Waals surface area contributed by atoms with Gasteiger partial charge in [0.2, 0.25) is 0 Å². The Labute approximate surface area is 168 Å². The van der Waals surface area contributed by atoms with Crippen molar-refractivity contribution in [1.82, 2.24) is 5.32 Å². The van der Waals surface area contributed by atoms with Gasteiger partial charge in [0, 0.05) is 17.4 Å². The van der Waals surface area contributed by atoms with E-state index >= 15 is 0 Å². The molecule has 3 amide bonds. The van der Waals surface area contributed by atoms with Crippen molar-refractivity contribution in [3.63, 3.8) is 0 Å². The largest absolute Gasteiger partial charge is 0.490 e. The first-order chi connectivity index (χ1) is 13.9. The summed E-state index contributed by atoms with van der Waals surface area (Å²) in [6.45, 7) is 3.96. The van der Waals surface area contributed by atoms with Gasteiger partial charge < -0.3 is 25.3 Å². The molecule has 0 fully saturated rings. The van der Waals surface area contributed by atoms with Crippen molar-refractivity contribution in [3.05, 3.63) is 48.0 Å². The third-order valence-electron chi connectivity index (χ3n) is 3.53. The van der Waals surface area contributed by atoms with E-state index in [2.05, 4.69) is 10.6 Å². The van der Waals surface area contributed by atoms with Crippen LogP contribution in [-0.2, 0) is 9.53 Å². The van der Waals surface area contributed by atoms with Crippen LogP contribution in [0.1, 0.15) is 24.2 Å². The van der Waals surface area contributed by atoms with Crippen LogP contribution in [0.5, 0.6) is 11.5 Å². The standard InChI is InChI=1S/C20H23N3O6/c1-3-27-16-10-9-15(11-17(16)28-4-2)22-20(26)23-18(24)12-29-19(25)13-5-7-14(21)8-6-13/h5-11H,3-4,12,21H2,1-2H3,(H2,22,23,24,26). The fraction of sp³-hybridized carbons (Fsp3) is 0.250. The SMILES string of the molecule is CCOc1ccc(NC(=O)NC(=O)COC(=O)c2ccc(N)cc2)cc1OCC. The predicted octanol–water partition coefficient (Wildman–Crippen LogP) is 2.57. The molecule has 4 N–H and O–H groups in total. The molecule has 29 heavy (non-hydrogen) atoms. The maximum atomic E-state index is 12.0. The van der Waals surface area contributed by atoms with Crippen molar-refractivity contribution in [2.24, 2.45) is 0 Å². The Morgan fingerprint density at radius 1 is 0.931 bits per heavy atom. The summed E-state index contributed by atoms with van der Waals surface area (Å²) in [5.74, 6) is -0.461. The first-order valence-corrected chi connectivity index (χ1v) is 8.96. The molecule has 0 bridgehead atoms. The Balaban J connectivity index is 1.86. The average molecular weight is 401 g/mol. The van der Waals surface area contributed by atoms with Crippen LogP contribution in [0.3, 0.4) is 0 Å². The number of hydrogen-bond donors (Lipinski definition) is 3. The Kier molecular flexibility index (Phi) is 7.84. The second kappa shape index (κ2) is 10.5. The highest BCUT2D eigenvalue weighted by Gasteiger charge is 2.14. The van der Waals surface area contributed by atoms with E-state index in [4.69, 9.17) is 19.9 Å². The van der Waals surface area contributed by atoms with E-state index in [1.54, 1.807) is 18.2 Å². The van der Waals surface area contributed by atoms with Gasteiger partial charge in [-0.2, -0.15) is 0 Å². The molecule has 0 atom stereocenters. The van der Waals surface area contributed by atoms with Gasteiger partial charge in [0.1, 0.15) is 0 Å². The van der Waals surface area contributed by atoms with Gasteiger partial charge in [-0.15, -0.1) is 0 Å². The first-order valence-electron chi connectivity index (χ1n) is 8.96. The van der Waals surface area contributed by atoms with Gasteiger partial charge >= 0.3 is 12.0 Å². The number of benzene rings is 2. The summed E-state index contributed by atoms with van der Waals surface area (Å²) in [6.07, 6.45) is 0. The average Bonchev–Trinajstić information content (AvgIpc) is 2.69. The molecule has 0 saturated heterocycles. The van der Waals surface area contributed by atoms with Crippen LogP contribution < -0.4 is 25.8 Å². The van der Waals surface area contributed by atoms with Crippen LogP contribution in [0.25, 0.3) is 0 Å². The minimum Gasteiger partial charge on any atom is -0.490 e. The number of rotatable bonds is 8. The van der Waals surface area contributed by atoms with E-state index in [0.29, 0.717) is 36.1 Å². The molecule has 0 aliphatic rings. The topological polar surface area (TPSA) is 129 Å². The minimum absolute atomic E-state index is 0.245. The van der Waals surface area contributed by atoms with Gasteiger partial charge in [0.15, 0.2) is 18.1 Å². The van der Waals surface area contributed by atoms with Gasteiger partial charge in [-0.05, 0) is 50.2 Å². The molecule has 0 unspecified atom stereocenters. The minimum atomic E-state index is -0.776. The van der Waals surface area contributed by atoms with Gasteiger partial charge in [-0.25, -0.2) is 9.59 Å². The first kappa shape index (κ1) is 21.5. The number of ether oxygens (including phenoxy) is 3. The Morgan fingerprint density at radius 2 is 1.59 bits per heavy atom. The van der Waals surface area contributed by atoms with Crippen molar-refractivity contribution in [1.29, 1.82) is 0 Å². The predicted molar refractivity (Wildman–Crippen MR) is 107 cm³/mol. The van der Waals surface area contributed by atoms with E-state index in [9.17, 15) is 14.4 Å². The molecule has 0 heterocycles. The quantitative estimate of drug-likeness (QED) is 0.458. The number of nitrogens with two attached hydrogens (primary N) is 1. The lowest BCUT2D eigenvalue weighted by Gasteiger charge is -2.13. The van der Waals surface area contributed by atoms with Crippen LogP contribution in [0.4, 0.5) is 16.2 Å². The smallest absolute Gasteiger partial charge is 0.338 e. The van der Waals surface area contributed by atoms with Crippen molar-refractivity contribution < 1.29 is 28.6 Å². The molecule has 0 aromatic heterocycles.